The SMILES string of the molecule is COc1ccc2[nH]c(CNC3CCCCCCC3)cc2c1. The van der Waals surface area contributed by atoms with E-state index in [9.17, 15) is 0 Å². The van der Waals surface area contributed by atoms with Crippen molar-refractivity contribution in [3.63, 3.8) is 0 Å². The fraction of sp³-hybridized carbons (Fsp3) is 0.556. The Kier molecular flexibility index (Phi) is 4.81. The molecule has 1 aliphatic carbocycles. The van der Waals surface area contributed by atoms with Gasteiger partial charge >= 0.3 is 0 Å². The van der Waals surface area contributed by atoms with Crippen molar-refractivity contribution in [2.24, 2.45) is 0 Å². The molecule has 3 heteroatoms. The van der Waals surface area contributed by atoms with Crippen LogP contribution in [0.4, 0.5) is 0 Å². The molecule has 1 saturated carbocycles. The summed E-state index contributed by atoms with van der Waals surface area (Å²) in [5.74, 6) is 0.918. The quantitative estimate of drug-likeness (QED) is 0.875. The van der Waals surface area contributed by atoms with Crippen LogP contribution in [0.15, 0.2) is 24.3 Å². The predicted octanol–water partition coefficient (Wildman–Crippen LogP) is 4.38. The summed E-state index contributed by atoms with van der Waals surface area (Å²) >= 11 is 0. The van der Waals surface area contributed by atoms with Gasteiger partial charge in [0.2, 0.25) is 0 Å². The maximum atomic E-state index is 5.28. The summed E-state index contributed by atoms with van der Waals surface area (Å²) in [5, 5.41) is 4.96. The first-order valence-electron chi connectivity index (χ1n) is 8.24. The van der Waals surface area contributed by atoms with Crippen molar-refractivity contribution in [1.29, 1.82) is 0 Å². The zero-order chi connectivity index (χ0) is 14.5. The monoisotopic (exact) mass is 286 g/mol. The van der Waals surface area contributed by atoms with Gasteiger partial charge in [-0.15, -0.1) is 0 Å². The minimum Gasteiger partial charge on any atom is -0.497 e. The first-order chi connectivity index (χ1) is 10.3. The highest BCUT2D eigenvalue weighted by Crippen LogP contribution is 2.22. The molecular weight excluding hydrogens is 260 g/mol. The summed E-state index contributed by atoms with van der Waals surface area (Å²) in [6.45, 7) is 0.932. The van der Waals surface area contributed by atoms with Gasteiger partial charge in [0.25, 0.3) is 0 Å². The van der Waals surface area contributed by atoms with Gasteiger partial charge in [-0.2, -0.15) is 0 Å². The van der Waals surface area contributed by atoms with Crippen LogP contribution >= 0.6 is 0 Å². The highest BCUT2D eigenvalue weighted by Gasteiger charge is 2.11. The lowest BCUT2D eigenvalue weighted by Crippen LogP contribution is -2.29. The molecule has 0 spiro atoms. The molecule has 1 aromatic carbocycles. The van der Waals surface area contributed by atoms with Gasteiger partial charge < -0.3 is 15.0 Å². The number of hydrogen-bond donors (Lipinski definition) is 2. The Bertz CT molecular complexity index is 568. The number of H-pyrrole nitrogens is 1. The molecule has 0 bridgehead atoms. The van der Waals surface area contributed by atoms with Crippen LogP contribution in [0.5, 0.6) is 5.75 Å². The summed E-state index contributed by atoms with van der Waals surface area (Å²) in [6, 6.07) is 9.10. The van der Waals surface area contributed by atoms with Gasteiger partial charge in [-0.1, -0.05) is 32.1 Å². The fourth-order valence-electron chi connectivity index (χ4n) is 3.31. The predicted molar refractivity (Wildman–Crippen MR) is 87.8 cm³/mol. The number of aromatic nitrogens is 1. The smallest absolute Gasteiger partial charge is 0.119 e. The van der Waals surface area contributed by atoms with Crippen molar-refractivity contribution in [2.45, 2.75) is 57.5 Å². The van der Waals surface area contributed by atoms with Crippen molar-refractivity contribution in [1.82, 2.24) is 10.3 Å². The van der Waals surface area contributed by atoms with E-state index in [-0.39, 0.29) is 0 Å². The van der Waals surface area contributed by atoms with Crippen LogP contribution in [0.25, 0.3) is 10.9 Å². The third kappa shape index (κ3) is 3.79. The Morgan fingerprint density at radius 1 is 1.10 bits per heavy atom. The Morgan fingerprint density at radius 2 is 1.86 bits per heavy atom. The summed E-state index contributed by atoms with van der Waals surface area (Å²) in [5.41, 5.74) is 2.45. The van der Waals surface area contributed by atoms with Crippen LogP contribution in [-0.2, 0) is 6.54 Å². The van der Waals surface area contributed by atoms with Gasteiger partial charge in [0.15, 0.2) is 0 Å². The van der Waals surface area contributed by atoms with E-state index in [1.807, 2.05) is 6.07 Å². The number of methoxy groups -OCH3 is 1. The molecule has 0 amide bonds. The van der Waals surface area contributed by atoms with Gasteiger partial charge in [-0.05, 0) is 37.1 Å². The van der Waals surface area contributed by atoms with Gasteiger partial charge in [-0.3, -0.25) is 0 Å². The lowest BCUT2D eigenvalue weighted by molar-refractivity contribution is 0.388. The van der Waals surface area contributed by atoms with E-state index in [1.165, 1.54) is 61.5 Å². The fourth-order valence-corrected chi connectivity index (χ4v) is 3.31. The number of hydrogen-bond acceptors (Lipinski definition) is 2. The van der Waals surface area contributed by atoms with Crippen LogP contribution < -0.4 is 10.1 Å². The normalized spacial score (nSPS) is 17.6. The van der Waals surface area contributed by atoms with Crippen molar-refractivity contribution in [3.05, 3.63) is 30.0 Å². The molecule has 114 valence electrons. The molecule has 0 atom stereocenters. The number of rotatable bonds is 4. The molecule has 1 heterocycles. The molecule has 0 saturated heterocycles. The average molecular weight is 286 g/mol. The van der Waals surface area contributed by atoms with Gasteiger partial charge in [0, 0.05) is 29.2 Å². The van der Waals surface area contributed by atoms with Crippen molar-refractivity contribution in [3.8, 4) is 5.75 Å². The molecule has 3 nitrogen and oxygen atoms in total. The number of benzene rings is 1. The summed E-state index contributed by atoms with van der Waals surface area (Å²) < 4.78 is 5.28. The van der Waals surface area contributed by atoms with E-state index >= 15 is 0 Å². The van der Waals surface area contributed by atoms with Crippen LogP contribution in [0.3, 0.4) is 0 Å². The maximum Gasteiger partial charge on any atom is 0.119 e. The zero-order valence-corrected chi connectivity index (χ0v) is 13.0. The van der Waals surface area contributed by atoms with E-state index in [2.05, 4.69) is 28.5 Å². The minimum atomic E-state index is 0.686. The molecule has 21 heavy (non-hydrogen) atoms. The molecule has 1 aliphatic rings. The summed E-state index contributed by atoms with van der Waals surface area (Å²) in [6.07, 6.45) is 9.65. The third-order valence-corrected chi connectivity index (χ3v) is 4.57. The number of fused-ring (bicyclic) bond motifs is 1. The van der Waals surface area contributed by atoms with E-state index in [0.29, 0.717) is 6.04 Å². The highest BCUT2D eigenvalue weighted by atomic mass is 16.5. The first-order valence-corrected chi connectivity index (χ1v) is 8.24. The second kappa shape index (κ2) is 6.99. The average Bonchev–Trinajstić information content (AvgIpc) is 2.87. The van der Waals surface area contributed by atoms with E-state index in [1.54, 1.807) is 7.11 Å². The van der Waals surface area contributed by atoms with Gasteiger partial charge in [0.1, 0.15) is 5.75 Å². The van der Waals surface area contributed by atoms with Crippen molar-refractivity contribution < 1.29 is 4.74 Å². The maximum absolute atomic E-state index is 5.28. The second-order valence-electron chi connectivity index (χ2n) is 6.17. The number of ether oxygens (including phenoxy) is 1. The molecule has 0 aliphatic heterocycles. The van der Waals surface area contributed by atoms with Crippen LogP contribution in [-0.4, -0.2) is 18.1 Å². The minimum absolute atomic E-state index is 0.686. The molecule has 1 aromatic heterocycles. The van der Waals surface area contributed by atoms with Crippen molar-refractivity contribution in [2.75, 3.05) is 7.11 Å². The summed E-state index contributed by atoms with van der Waals surface area (Å²) in [4.78, 5) is 3.50. The molecular formula is C18H26N2O. The Hall–Kier alpha value is -1.48. The number of nitrogens with one attached hydrogen (secondary N) is 2. The standard InChI is InChI=1S/C18H26N2O/c1-21-17-9-10-18-14(12-17)11-16(20-18)13-19-15-7-5-3-2-4-6-8-15/h9-12,15,19-20H,2-8,13H2,1H3. The van der Waals surface area contributed by atoms with E-state index in [4.69, 9.17) is 4.74 Å². The van der Waals surface area contributed by atoms with E-state index in [0.717, 1.165) is 12.3 Å². The number of aromatic amines is 1. The first kappa shape index (κ1) is 14.5. The topological polar surface area (TPSA) is 37.0 Å². The Balaban J connectivity index is 1.61. The van der Waals surface area contributed by atoms with Gasteiger partial charge in [-0.25, -0.2) is 0 Å². The second-order valence-corrected chi connectivity index (χ2v) is 6.17. The molecule has 2 aromatic rings. The zero-order valence-electron chi connectivity index (χ0n) is 13.0. The Labute approximate surface area is 127 Å². The molecule has 3 rings (SSSR count). The largest absolute Gasteiger partial charge is 0.497 e. The van der Waals surface area contributed by atoms with Crippen molar-refractivity contribution >= 4 is 10.9 Å². The van der Waals surface area contributed by atoms with E-state index < -0.39 is 0 Å². The molecule has 0 radical (unpaired) electrons. The van der Waals surface area contributed by atoms with Crippen LogP contribution in [0.2, 0.25) is 0 Å². The van der Waals surface area contributed by atoms with Gasteiger partial charge in [0.05, 0.1) is 7.11 Å². The third-order valence-electron chi connectivity index (χ3n) is 4.57. The lowest BCUT2D eigenvalue weighted by atomic mass is 9.97. The molecule has 2 N–H and O–H groups in total. The Morgan fingerprint density at radius 3 is 2.62 bits per heavy atom. The highest BCUT2D eigenvalue weighted by molar-refractivity contribution is 5.81. The molecule has 0 unspecified atom stereocenters. The lowest BCUT2D eigenvalue weighted by Gasteiger charge is -2.20. The van der Waals surface area contributed by atoms with Crippen LogP contribution in [0, 0.1) is 0 Å². The summed E-state index contributed by atoms with van der Waals surface area (Å²) in [7, 11) is 1.71. The van der Waals surface area contributed by atoms with Crippen LogP contribution in [0.1, 0.15) is 50.6 Å². The molecule has 1 fully saturated rings.